The Hall–Kier alpha value is -2.13. The Labute approximate surface area is 148 Å². The molecule has 1 aromatic carbocycles. The van der Waals surface area contributed by atoms with Gasteiger partial charge in [-0.2, -0.15) is 5.26 Å². The molecule has 132 valence electrons. The van der Waals surface area contributed by atoms with Gasteiger partial charge in [0, 0.05) is 12.6 Å². The van der Waals surface area contributed by atoms with Crippen molar-refractivity contribution in [2.75, 3.05) is 19.7 Å². The Morgan fingerprint density at radius 2 is 2.12 bits per heavy atom. The standard InChI is InChI=1S/C20H24N2O3/c21-12-19(16-6-2-1-3-7-16)20-9-4-10-22(20)13-17(23)14-24-15-18-8-5-11-25-18/h1-3,5-8,11,17,19-20,23H,4,9-10,13-15H2. The summed E-state index contributed by atoms with van der Waals surface area (Å²) in [6.07, 6.45) is 3.06. The second-order valence-corrected chi connectivity index (χ2v) is 6.47. The van der Waals surface area contributed by atoms with Crippen molar-refractivity contribution < 1.29 is 14.3 Å². The highest BCUT2D eigenvalue weighted by Crippen LogP contribution is 2.30. The Kier molecular flexibility index (Phi) is 6.24. The summed E-state index contributed by atoms with van der Waals surface area (Å²) in [5.74, 6) is 0.583. The maximum atomic E-state index is 10.3. The van der Waals surface area contributed by atoms with Crippen LogP contribution in [0.1, 0.15) is 30.1 Å². The van der Waals surface area contributed by atoms with Crippen LogP contribution >= 0.6 is 0 Å². The molecule has 1 aromatic heterocycles. The molecule has 0 spiro atoms. The molecule has 2 aromatic rings. The van der Waals surface area contributed by atoms with E-state index in [1.165, 1.54) is 0 Å². The molecule has 1 fully saturated rings. The minimum absolute atomic E-state index is 0.145. The lowest BCUT2D eigenvalue weighted by molar-refractivity contribution is 0.00259. The number of β-amino-alcohol motifs (C(OH)–C–C–N with tert-alkyl or cyclic N) is 1. The number of aliphatic hydroxyl groups is 1. The Bertz CT molecular complexity index is 666. The zero-order chi connectivity index (χ0) is 17.5. The highest BCUT2D eigenvalue weighted by Gasteiger charge is 2.33. The van der Waals surface area contributed by atoms with Gasteiger partial charge in [-0.3, -0.25) is 4.90 Å². The fraction of sp³-hybridized carbons (Fsp3) is 0.450. The van der Waals surface area contributed by atoms with E-state index in [4.69, 9.17) is 9.15 Å². The molecular weight excluding hydrogens is 316 g/mol. The average molecular weight is 340 g/mol. The van der Waals surface area contributed by atoms with Crippen molar-refractivity contribution in [3.63, 3.8) is 0 Å². The first-order valence-corrected chi connectivity index (χ1v) is 8.74. The van der Waals surface area contributed by atoms with Gasteiger partial charge in [0.25, 0.3) is 0 Å². The Balaban J connectivity index is 1.53. The molecule has 0 saturated carbocycles. The van der Waals surface area contributed by atoms with Crippen molar-refractivity contribution in [1.82, 2.24) is 4.90 Å². The van der Waals surface area contributed by atoms with E-state index in [9.17, 15) is 10.4 Å². The molecule has 0 aliphatic carbocycles. The van der Waals surface area contributed by atoms with Gasteiger partial charge in [-0.15, -0.1) is 0 Å². The first-order valence-electron chi connectivity index (χ1n) is 8.74. The third kappa shape index (κ3) is 4.70. The van der Waals surface area contributed by atoms with E-state index in [2.05, 4.69) is 11.0 Å². The molecule has 3 rings (SSSR count). The predicted octanol–water partition coefficient (Wildman–Crippen LogP) is 2.93. The van der Waals surface area contributed by atoms with E-state index < -0.39 is 6.10 Å². The largest absolute Gasteiger partial charge is 0.467 e. The minimum Gasteiger partial charge on any atom is -0.467 e. The van der Waals surface area contributed by atoms with Crippen LogP contribution in [0.3, 0.4) is 0 Å². The van der Waals surface area contributed by atoms with E-state index in [0.29, 0.717) is 13.2 Å². The summed E-state index contributed by atoms with van der Waals surface area (Å²) < 4.78 is 10.7. The number of aliphatic hydroxyl groups excluding tert-OH is 1. The molecule has 0 bridgehead atoms. The normalized spacial score (nSPS) is 20.2. The molecule has 2 heterocycles. The summed E-state index contributed by atoms with van der Waals surface area (Å²) in [6, 6.07) is 16.2. The average Bonchev–Trinajstić information content (AvgIpc) is 3.29. The lowest BCUT2D eigenvalue weighted by Gasteiger charge is -2.29. The molecule has 3 atom stereocenters. The molecule has 1 aliphatic heterocycles. The maximum Gasteiger partial charge on any atom is 0.129 e. The Morgan fingerprint density at radius 1 is 1.28 bits per heavy atom. The fourth-order valence-corrected chi connectivity index (χ4v) is 3.51. The number of likely N-dealkylation sites (tertiary alicyclic amines) is 1. The van der Waals surface area contributed by atoms with Crippen LogP contribution in [0.5, 0.6) is 0 Å². The number of furan rings is 1. The van der Waals surface area contributed by atoms with Crippen LogP contribution < -0.4 is 0 Å². The van der Waals surface area contributed by atoms with Crippen molar-refractivity contribution in [2.24, 2.45) is 0 Å². The van der Waals surface area contributed by atoms with Crippen LogP contribution in [0.2, 0.25) is 0 Å². The number of rotatable bonds is 8. The second kappa shape index (κ2) is 8.82. The summed E-state index contributed by atoms with van der Waals surface area (Å²) in [5, 5.41) is 20.0. The molecule has 0 amide bonds. The van der Waals surface area contributed by atoms with E-state index >= 15 is 0 Å². The highest BCUT2D eigenvalue weighted by molar-refractivity contribution is 5.27. The number of hydrogen-bond acceptors (Lipinski definition) is 5. The summed E-state index contributed by atoms with van der Waals surface area (Å²) >= 11 is 0. The molecule has 0 radical (unpaired) electrons. The molecule has 1 saturated heterocycles. The van der Waals surface area contributed by atoms with Crippen LogP contribution in [0, 0.1) is 11.3 Å². The number of nitrogens with zero attached hydrogens (tertiary/aromatic N) is 2. The third-order valence-electron chi connectivity index (χ3n) is 4.68. The Morgan fingerprint density at radius 3 is 2.84 bits per heavy atom. The summed E-state index contributed by atoms with van der Waals surface area (Å²) in [7, 11) is 0. The number of ether oxygens (including phenoxy) is 1. The topological polar surface area (TPSA) is 69.6 Å². The number of nitriles is 1. The lowest BCUT2D eigenvalue weighted by Crippen LogP contribution is -2.40. The first-order chi connectivity index (χ1) is 12.3. The lowest BCUT2D eigenvalue weighted by atomic mass is 9.91. The first kappa shape index (κ1) is 17.7. The van der Waals surface area contributed by atoms with Gasteiger partial charge in [0.15, 0.2) is 0 Å². The predicted molar refractivity (Wildman–Crippen MR) is 93.8 cm³/mol. The van der Waals surface area contributed by atoms with Gasteiger partial charge < -0.3 is 14.3 Å². The quantitative estimate of drug-likeness (QED) is 0.800. The van der Waals surface area contributed by atoms with Gasteiger partial charge in [-0.1, -0.05) is 30.3 Å². The van der Waals surface area contributed by atoms with Crippen molar-refractivity contribution >= 4 is 0 Å². The van der Waals surface area contributed by atoms with Crippen LogP contribution in [0.15, 0.2) is 53.1 Å². The third-order valence-corrected chi connectivity index (χ3v) is 4.68. The molecule has 1 aliphatic rings. The van der Waals surface area contributed by atoms with Crippen molar-refractivity contribution in [3.8, 4) is 6.07 Å². The van der Waals surface area contributed by atoms with Crippen molar-refractivity contribution in [3.05, 3.63) is 60.1 Å². The van der Waals surface area contributed by atoms with Crippen LogP contribution in [0.25, 0.3) is 0 Å². The molecule has 5 heteroatoms. The molecule has 25 heavy (non-hydrogen) atoms. The second-order valence-electron chi connectivity index (χ2n) is 6.47. The van der Waals surface area contributed by atoms with E-state index in [1.54, 1.807) is 6.26 Å². The van der Waals surface area contributed by atoms with Gasteiger partial charge >= 0.3 is 0 Å². The van der Waals surface area contributed by atoms with Gasteiger partial charge in [-0.25, -0.2) is 0 Å². The zero-order valence-electron chi connectivity index (χ0n) is 14.3. The van der Waals surface area contributed by atoms with Crippen LogP contribution in [-0.2, 0) is 11.3 Å². The number of benzene rings is 1. The van der Waals surface area contributed by atoms with Gasteiger partial charge in [0.05, 0.1) is 31.0 Å². The van der Waals surface area contributed by atoms with E-state index in [0.717, 1.165) is 30.7 Å². The molecule has 3 unspecified atom stereocenters. The SMILES string of the molecule is N#CC(c1ccccc1)C1CCCN1CC(O)COCc1ccco1. The summed E-state index contributed by atoms with van der Waals surface area (Å²) in [4.78, 5) is 2.22. The van der Waals surface area contributed by atoms with Gasteiger partial charge in [0.1, 0.15) is 12.4 Å². The van der Waals surface area contributed by atoms with Crippen molar-refractivity contribution in [2.45, 2.75) is 37.5 Å². The zero-order valence-corrected chi connectivity index (χ0v) is 14.3. The van der Waals surface area contributed by atoms with Crippen LogP contribution in [0.4, 0.5) is 0 Å². The highest BCUT2D eigenvalue weighted by atomic mass is 16.5. The summed E-state index contributed by atoms with van der Waals surface area (Å²) in [5.41, 5.74) is 1.05. The molecule has 5 nitrogen and oxygen atoms in total. The minimum atomic E-state index is -0.578. The summed E-state index contributed by atoms with van der Waals surface area (Å²) in [6.45, 7) is 2.05. The fourth-order valence-electron chi connectivity index (χ4n) is 3.51. The smallest absolute Gasteiger partial charge is 0.129 e. The van der Waals surface area contributed by atoms with Crippen molar-refractivity contribution in [1.29, 1.82) is 5.26 Å². The number of hydrogen-bond donors (Lipinski definition) is 1. The van der Waals surface area contributed by atoms with Gasteiger partial charge in [-0.05, 0) is 37.1 Å². The monoisotopic (exact) mass is 340 g/mol. The molecule has 1 N–H and O–H groups in total. The molecular formula is C20H24N2O3. The van der Waals surface area contributed by atoms with E-state index in [-0.39, 0.29) is 18.6 Å². The van der Waals surface area contributed by atoms with Crippen LogP contribution in [-0.4, -0.2) is 41.8 Å². The van der Waals surface area contributed by atoms with Gasteiger partial charge in [0.2, 0.25) is 0 Å². The van der Waals surface area contributed by atoms with E-state index in [1.807, 2.05) is 42.5 Å². The maximum absolute atomic E-state index is 10.3.